The van der Waals surface area contributed by atoms with Crippen LogP contribution in [-0.2, 0) is 4.74 Å². The molecule has 0 amide bonds. The van der Waals surface area contributed by atoms with Gasteiger partial charge in [0.25, 0.3) is 0 Å². The van der Waals surface area contributed by atoms with Crippen molar-refractivity contribution in [2.24, 2.45) is 0 Å². The average Bonchev–Trinajstić information content (AvgIpc) is 2.75. The Balaban J connectivity index is 1.70. The summed E-state index contributed by atoms with van der Waals surface area (Å²) in [5.74, 6) is 1.54. The molecule has 1 aliphatic heterocycles. The molecule has 1 heterocycles. The van der Waals surface area contributed by atoms with Gasteiger partial charge in [-0.2, -0.15) is 0 Å². The van der Waals surface area contributed by atoms with Gasteiger partial charge in [0.05, 0.1) is 18.3 Å². The fraction of sp³-hybridized carbons (Fsp3) is 0.667. The standard InChI is InChI=1S/C18H28O2/c1-14(2)15-7-5-8-17(13-15)19-12-6-9-16-10-11-18(3,4)20-16/h5,7-8,13-14,16H,6,9-12H2,1-4H3. The summed E-state index contributed by atoms with van der Waals surface area (Å²) in [6.45, 7) is 9.56. The molecule has 1 atom stereocenters. The van der Waals surface area contributed by atoms with Crippen LogP contribution in [0.15, 0.2) is 24.3 Å². The highest BCUT2D eigenvalue weighted by molar-refractivity contribution is 5.30. The minimum atomic E-state index is 0.0805. The summed E-state index contributed by atoms with van der Waals surface area (Å²) >= 11 is 0. The summed E-state index contributed by atoms with van der Waals surface area (Å²) in [5.41, 5.74) is 1.42. The molecule has 0 spiro atoms. The summed E-state index contributed by atoms with van der Waals surface area (Å²) in [6, 6.07) is 8.43. The van der Waals surface area contributed by atoms with Crippen LogP contribution >= 0.6 is 0 Å². The minimum Gasteiger partial charge on any atom is -0.494 e. The van der Waals surface area contributed by atoms with Crippen LogP contribution in [0.2, 0.25) is 0 Å². The van der Waals surface area contributed by atoms with Crippen molar-refractivity contribution in [3.05, 3.63) is 29.8 Å². The van der Waals surface area contributed by atoms with Crippen LogP contribution in [0.25, 0.3) is 0 Å². The van der Waals surface area contributed by atoms with Crippen LogP contribution < -0.4 is 4.74 Å². The van der Waals surface area contributed by atoms with Gasteiger partial charge in [-0.05, 0) is 63.1 Å². The zero-order chi connectivity index (χ0) is 14.6. The molecular weight excluding hydrogens is 248 g/mol. The monoisotopic (exact) mass is 276 g/mol. The summed E-state index contributed by atoms with van der Waals surface area (Å²) in [6.07, 6.45) is 4.96. The van der Waals surface area contributed by atoms with Gasteiger partial charge in [-0.3, -0.25) is 0 Å². The summed E-state index contributed by atoms with van der Waals surface area (Å²) in [7, 11) is 0. The first kappa shape index (κ1) is 15.4. The molecule has 0 N–H and O–H groups in total. The van der Waals surface area contributed by atoms with Crippen LogP contribution in [0.4, 0.5) is 0 Å². The molecule has 2 heteroatoms. The highest BCUT2D eigenvalue weighted by Gasteiger charge is 2.30. The lowest BCUT2D eigenvalue weighted by Crippen LogP contribution is -2.20. The first-order valence-corrected chi connectivity index (χ1v) is 7.87. The highest BCUT2D eigenvalue weighted by atomic mass is 16.5. The van der Waals surface area contributed by atoms with Crippen molar-refractivity contribution in [2.45, 2.75) is 71.0 Å². The Kier molecular flexibility index (Phi) is 5.09. The average molecular weight is 276 g/mol. The Bertz CT molecular complexity index is 423. The molecule has 0 bridgehead atoms. The third-order valence-electron chi connectivity index (χ3n) is 4.02. The molecule has 1 saturated heterocycles. The van der Waals surface area contributed by atoms with Crippen LogP contribution in [0, 0.1) is 0 Å². The minimum absolute atomic E-state index is 0.0805. The molecule has 2 rings (SSSR count). The van der Waals surface area contributed by atoms with E-state index in [1.165, 1.54) is 18.4 Å². The van der Waals surface area contributed by atoms with E-state index in [0.29, 0.717) is 12.0 Å². The predicted molar refractivity (Wildman–Crippen MR) is 83.4 cm³/mol. The summed E-state index contributed by atoms with van der Waals surface area (Å²) in [5, 5.41) is 0. The van der Waals surface area contributed by atoms with Crippen LogP contribution in [0.5, 0.6) is 5.75 Å². The molecule has 1 unspecified atom stereocenters. The Morgan fingerprint density at radius 3 is 2.80 bits per heavy atom. The second-order valence-electron chi connectivity index (χ2n) is 6.76. The van der Waals surface area contributed by atoms with Gasteiger partial charge in [-0.25, -0.2) is 0 Å². The van der Waals surface area contributed by atoms with Crippen molar-refractivity contribution < 1.29 is 9.47 Å². The van der Waals surface area contributed by atoms with E-state index < -0.39 is 0 Å². The molecule has 1 fully saturated rings. The molecule has 0 radical (unpaired) electrons. The fourth-order valence-corrected chi connectivity index (χ4v) is 2.75. The van der Waals surface area contributed by atoms with Crippen molar-refractivity contribution in [2.75, 3.05) is 6.61 Å². The first-order chi connectivity index (χ1) is 9.46. The maximum atomic E-state index is 6.00. The third kappa shape index (κ3) is 4.52. The number of rotatable bonds is 6. The van der Waals surface area contributed by atoms with Crippen molar-refractivity contribution >= 4 is 0 Å². The maximum absolute atomic E-state index is 6.00. The van der Waals surface area contributed by atoms with E-state index in [0.717, 1.165) is 25.2 Å². The molecule has 0 aromatic heterocycles. The smallest absolute Gasteiger partial charge is 0.119 e. The van der Waals surface area contributed by atoms with Crippen molar-refractivity contribution in [1.29, 1.82) is 0 Å². The Morgan fingerprint density at radius 2 is 2.15 bits per heavy atom. The number of ether oxygens (including phenoxy) is 2. The molecular formula is C18H28O2. The summed E-state index contributed by atoms with van der Waals surface area (Å²) < 4.78 is 11.8. The van der Waals surface area contributed by atoms with Crippen LogP contribution in [-0.4, -0.2) is 18.3 Å². The van der Waals surface area contributed by atoms with Crippen LogP contribution in [0.1, 0.15) is 64.9 Å². The van der Waals surface area contributed by atoms with Crippen molar-refractivity contribution in [1.82, 2.24) is 0 Å². The zero-order valence-corrected chi connectivity index (χ0v) is 13.3. The van der Waals surface area contributed by atoms with E-state index in [2.05, 4.69) is 45.9 Å². The first-order valence-electron chi connectivity index (χ1n) is 7.87. The molecule has 2 nitrogen and oxygen atoms in total. The maximum Gasteiger partial charge on any atom is 0.119 e. The molecule has 1 aromatic rings. The molecule has 0 saturated carbocycles. The zero-order valence-electron chi connectivity index (χ0n) is 13.3. The van der Waals surface area contributed by atoms with Gasteiger partial charge in [-0.1, -0.05) is 26.0 Å². The molecule has 112 valence electrons. The Labute approximate surface area is 123 Å². The fourth-order valence-electron chi connectivity index (χ4n) is 2.75. The van der Waals surface area contributed by atoms with Gasteiger partial charge in [0.2, 0.25) is 0 Å². The van der Waals surface area contributed by atoms with E-state index in [-0.39, 0.29) is 5.60 Å². The number of hydrogen-bond acceptors (Lipinski definition) is 2. The van der Waals surface area contributed by atoms with Gasteiger partial charge in [0.15, 0.2) is 0 Å². The third-order valence-corrected chi connectivity index (χ3v) is 4.02. The van der Waals surface area contributed by atoms with Gasteiger partial charge in [-0.15, -0.1) is 0 Å². The van der Waals surface area contributed by atoms with E-state index in [1.807, 2.05) is 6.07 Å². The largest absolute Gasteiger partial charge is 0.494 e. The van der Waals surface area contributed by atoms with Gasteiger partial charge < -0.3 is 9.47 Å². The quantitative estimate of drug-likeness (QED) is 0.686. The molecule has 1 aliphatic rings. The van der Waals surface area contributed by atoms with E-state index in [4.69, 9.17) is 9.47 Å². The Hall–Kier alpha value is -1.02. The second-order valence-corrected chi connectivity index (χ2v) is 6.76. The SMILES string of the molecule is CC(C)c1cccc(OCCCC2CCC(C)(C)O2)c1. The predicted octanol–water partition coefficient (Wildman–Crippen LogP) is 4.93. The number of benzene rings is 1. The van der Waals surface area contributed by atoms with Gasteiger partial charge >= 0.3 is 0 Å². The Morgan fingerprint density at radius 1 is 1.35 bits per heavy atom. The normalized spacial score (nSPS) is 21.4. The molecule has 1 aromatic carbocycles. The lowest BCUT2D eigenvalue weighted by Gasteiger charge is -2.19. The second kappa shape index (κ2) is 6.62. The van der Waals surface area contributed by atoms with Crippen LogP contribution in [0.3, 0.4) is 0 Å². The summed E-state index contributed by atoms with van der Waals surface area (Å²) in [4.78, 5) is 0. The topological polar surface area (TPSA) is 18.5 Å². The van der Waals surface area contributed by atoms with Gasteiger partial charge in [0.1, 0.15) is 5.75 Å². The van der Waals surface area contributed by atoms with E-state index in [9.17, 15) is 0 Å². The molecule has 0 aliphatic carbocycles. The van der Waals surface area contributed by atoms with Gasteiger partial charge in [0, 0.05) is 0 Å². The highest BCUT2D eigenvalue weighted by Crippen LogP contribution is 2.31. The van der Waals surface area contributed by atoms with E-state index >= 15 is 0 Å². The number of hydrogen-bond donors (Lipinski definition) is 0. The van der Waals surface area contributed by atoms with Crippen molar-refractivity contribution in [3.63, 3.8) is 0 Å². The molecule has 20 heavy (non-hydrogen) atoms. The van der Waals surface area contributed by atoms with Crippen molar-refractivity contribution in [3.8, 4) is 5.75 Å². The lowest BCUT2D eigenvalue weighted by molar-refractivity contribution is -0.0200. The lowest BCUT2D eigenvalue weighted by atomic mass is 10.0. The van der Waals surface area contributed by atoms with E-state index in [1.54, 1.807) is 0 Å².